The van der Waals surface area contributed by atoms with Gasteiger partial charge in [0.25, 0.3) is 5.91 Å². The molecule has 1 unspecified atom stereocenters. The standard InChI is InChI=1S/C16H19N3O2/c20-11-13-5-4-8-18(10-13)16(21)15-9-17-12-19(15)14-6-2-1-3-7-14/h1-3,6-7,9,12-13,20H,4-5,8,10-11H2. The van der Waals surface area contributed by atoms with Crippen molar-refractivity contribution in [1.29, 1.82) is 0 Å². The zero-order valence-corrected chi connectivity index (χ0v) is 11.9. The van der Waals surface area contributed by atoms with Gasteiger partial charge in [-0.2, -0.15) is 0 Å². The van der Waals surface area contributed by atoms with Gasteiger partial charge in [0, 0.05) is 25.4 Å². The van der Waals surface area contributed by atoms with Gasteiger partial charge in [-0.05, 0) is 30.9 Å². The van der Waals surface area contributed by atoms with Crippen molar-refractivity contribution in [1.82, 2.24) is 14.5 Å². The fourth-order valence-corrected chi connectivity index (χ4v) is 2.81. The topological polar surface area (TPSA) is 58.4 Å². The molecular formula is C16H19N3O2. The van der Waals surface area contributed by atoms with Gasteiger partial charge in [0.1, 0.15) is 5.69 Å². The molecule has 1 amide bonds. The highest BCUT2D eigenvalue weighted by Crippen LogP contribution is 2.19. The van der Waals surface area contributed by atoms with Crippen LogP contribution in [0, 0.1) is 5.92 Å². The van der Waals surface area contributed by atoms with E-state index in [9.17, 15) is 9.90 Å². The summed E-state index contributed by atoms with van der Waals surface area (Å²) in [6.07, 6.45) is 5.20. The molecule has 1 fully saturated rings. The second-order valence-corrected chi connectivity index (χ2v) is 5.43. The Morgan fingerprint density at radius 2 is 2.14 bits per heavy atom. The van der Waals surface area contributed by atoms with Crippen molar-refractivity contribution in [2.75, 3.05) is 19.7 Å². The van der Waals surface area contributed by atoms with Crippen molar-refractivity contribution in [3.8, 4) is 5.69 Å². The third-order valence-electron chi connectivity index (χ3n) is 3.96. The fraction of sp³-hybridized carbons (Fsp3) is 0.375. The van der Waals surface area contributed by atoms with Gasteiger partial charge in [0.05, 0.1) is 12.5 Å². The molecule has 0 bridgehead atoms. The van der Waals surface area contributed by atoms with Crippen molar-refractivity contribution in [3.05, 3.63) is 48.5 Å². The minimum absolute atomic E-state index is 0.0190. The lowest BCUT2D eigenvalue weighted by atomic mass is 9.99. The van der Waals surface area contributed by atoms with E-state index in [1.54, 1.807) is 12.5 Å². The number of carbonyl (C=O) groups is 1. The predicted octanol–water partition coefficient (Wildman–Crippen LogP) is 1.72. The highest BCUT2D eigenvalue weighted by molar-refractivity contribution is 5.93. The third kappa shape index (κ3) is 2.83. The smallest absolute Gasteiger partial charge is 0.272 e. The van der Waals surface area contributed by atoms with Crippen LogP contribution in [-0.4, -0.2) is 45.2 Å². The number of hydrogen-bond acceptors (Lipinski definition) is 3. The lowest BCUT2D eigenvalue weighted by molar-refractivity contribution is 0.0613. The summed E-state index contributed by atoms with van der Waals surface area (Å²) in [5.41, 5.74) is 1.49. The summed E-state index contributed by atoms with van der Waals surface area (Å²) in [6, 6.07) is 9.72. The van der Waals surface area contributed by atoms with Crippen LogP contribution >= 0.6 is 0 Å². The van der Waals surface area contributed by atoms with Gasteiger partial charge in [-0.15, -0.1) is 0 Å². The van der Waals surface area contributed by atoms with Crippen LogP contribution in [0.4, 0.5) is 0 Å². The van der Waals surface area contributed by atoms with E-state index in [2.05, 4.69) is 4.98 Å². The first kappa shape index (κ1) is 13.8. The van der Waals surface area contributed by atoms with E-state index in [-0.39, 0.29) is 18.4 Å². The van der Waals surface area contributed by atoms with Gasteiger partial charge in [-0.3, -0.25) is 9.36 Å². The number of nitrogens with zero attached hydrogens (tertiary/aromatic N) is 3. The molecule has 2 aromatic rings. The summed E-state index contributed by atoms with van der Waals surface area (Å²) in [5.74, 6) is 0.172. The first-order valence-electron chi connectivity index (χ1n) is 7.27. The lowest BCUT2D eigenvalue weighted by Crippen LogP contribution is -2.41. The van der Waals surface area contributed by atoms with Crippen LogP contribution in [0.1, 0.15) is 23.3 Å². The third-order valence-corrected chi connectivity index (χ3v) is 3.96. The zero-order valence-electron chi connectivity index (χ0n) is 11.9. The highest BCUT2D eigenvalue weighted by atomic mass is 16.3. The largest absolute Gasteiger partial charge is 0.396 e. The van der Waals surface area contributed by atoms with Crippen LogP contribution in [0.5, 0.6) is 0 Å². The normalized spacial score (nSPS) is 18.7. The minimum atomic E-state index is -0.0190. The summed E-state index contributed by atoms with van der Waals surface area (Å²) in [6.45, 7) is 1.51. The molecule has 0 aliphatic carbocycles. The summed E-state index contributed by atoms with van der Waals surface area (Å²) in [5, 5.41) is 9.30. The Morgan fingerprint density at radius 1 is 1.33 bits per heavy atom. The Morgan fingerprint density at radius 3 is 2.90 bits per heavy atom. The lowest BCUT2D eigenvalue weighted by Gasteiger charge is -2.31. The maximum atomic E-state index is 12.7. The van der Waals surface area contributed by atoms with Crippen molar-refractivity contribution in [3.63, 3.8) is 0 Å². The van der Waals surface area contributed by atoms with E-state index in [1.165, 1.54) is 0 Å². The van der Waals surface area contributed by atoms with E-state index in [0.717, 1.165) is 25.1 Å². The highest BCUT2D eigenvalue weighted by Gasteiger charge is 2.26. The molecule has 3 rings (SSSR count). The van der Waals surface area contributed by atoms with Crippen LogP contribution in [0.25, 0.3) is 5.69 Å². The van der Waals surface area contributed by atoms with E-state index in [1.807, 2.05) is 39.8 Å². The molecule has 1 N–H and O–H groups in total. The molecule has 1 aromatic heterocycles. The van der Waals surface area contributed by atoms with Gasteiger partial charge in [-0.25, -0.2) is 4.98 Å². The summed E-state index contributed by atoms with van der Waals surface area (Å²) >= 11 is 0. The van der Waals surface area contributed by atoms with Crippen molar-refractivity contribution in [2.24, 2.45) is 5.92 Å². The molecule has 5 nitrogen and oxygen atoms in total. The van der Waals surface area contributed by atoms with Gasteiger partial charge < -0.3 is 10.0 Å². The monoisotopic (exact) mass is 285 g/mol. The molecule has 2 heterocycles. The molecule has 0 saturated carbocycles. The predicted molar refractivity (Wildman–Crippen MR) is 79.3 cm³/mol. The second-order valence-electron chi connectivity index (χ2n) is 5.43. The van der Waals surface area contributed by atoms with Gasteiger partial charge in [0.15, 0.2) is 0 Å². The molecule has 1 aliphatic heterocycles. The second kappa shape index (κ2) is 6.10. The van der Waals surface area contributed by atoms with Gasteiger partial charge in [-0.1, -0.05) is 18.2 Å². The van der Waals surface area contributed by atoms with E-state index < -0.39 is 0 Å². The van der Waals surface area contributed by atoms with E-state index in [0.29, 0.717) is 12.2 Å². The van der Waals surface area contributed by atoms with Crippen LogP contribution in [-0.2, 0) is 0 Å². The average Bonchev–Trinajstić information content (AvgIpc) is 3.04. The number of hydrogen-bond donors (Lipinski definition) is 1. The summed E-state index contributed by atoms with van der Waals surface area (Å²) in [7, 11) is 0. The molecule has 0 radical (unpaired) electrons. The molecule has 110 valence electrons. The Balaban J connectivity index is 1.84. The Bertz CT molecular complexity index is 609. The van der Waals surface area contributed by atoms with Crippen LogP contribution in [0.3, 0.4) is 0 Å². The van der Waals surface area contributed by atoms with Crippen molar-refractivity contribution < 1.29 is 9.90 Å². The zero-order chi connectivity index (χ0) is 14.7. The maximum Gasteiger partial charge on any atom is 0.272 e. The number of aromatic nitrogens is 2. The summed E-state index contributed by atoms with van der Waals surface area (Å²) in [4.78, 5) is 18.6. The number of likely N-dealkylation sites (tertiary alicyclic amines) is 1. The van der Waals surface area contributed by atoms with E-state index >= 15 is 0 Å². The first-order valence-corrected chi connectivity index (χ1v) is 7.27. The SMILES string of the molecule is O=C(c1cncn1-c1ccccc1)N1CCCC(CO)C1. The average molecular weight is 285 g/mol. The molecule has 1 saturated heterocycles. The van der Waals surface area contributed by atoms with Crippen molar-refractivity contribution in [2.45, 2.75) is 12.8 Å². The molecular weight excluding hydrogens is 266 g/mol. The quantitative estimate of drug-likeness (QED) is 0.934. The number of aliphatic hydroxyl groups excluding tert-OH is 1. The minimum Gasteiger partial charge on any atom is -0.396 e. The Kier molecular flexibility index (Phi) is 4.01. The molecule has 5 heteroatoms. The number of carbonyl (C=O) groups excluding carboxylic acids is 1. The van der Waals surface area contributed by atoms with Crippen molar-refractivity contribution >= 4 is 5.91 Å². The van der Waals surface area contributed by atoms with Crippen LogP contribution < -0.4 is 0 Å². The molecule has 1 atom stereocenters. The molecule has 21 heavy (non-hydrogen) atoms. The summed E-state index contributed by atoms with van der Waals surface area (Å²) < 4.78 is 1.81. The number of amides is 1. The van der Waals surface area contributed by atoms with Gasteiger partial charge in [0.2, 0.25) is 0 Å². The Labute approximate surface area is 123 Å². The number of aliphatic hydroxyl groups is 1. The number of piperidine rings is 1. The van der Waals surface area contributed by atoms with E-state index in [4.69, 9.17) is 0 Å². The molecule has 0 spiro atoms. The van der Waals surface area contributed by atoms with Crippen LogP contribution in [0.2, 0.25) is 0 Å². The number of para-hydroxylation sites is 1. The molecule has 1 aromatic carbocycles. The molecule has 1 aliphatic rings. The first-order chi connectivity index (χ1) is 10.3. The number of benzene rings is 1. The maximum absolute atomic E-state index is 12.7. The van der Waals surface area contributed by atoms with Gasteiger partial charge >= 0.3 is 0 Å². The number of imidazole rings is 1. The fourth-order valence-electron chi connectivity index (χ4n) is 2.81. The number of rotatable bonds is 3. The Hall–Kier alpha value is -2.14. The van der Waals surface area contributed by atoms with Crippen LogP contribution in [0.15, 0.2) is 42.9 Å².